The maximum absolute atomic E-state index is 12.6. The number of aldehydes is 1. The molecule has 0 aliphatic carbocycles. The molecule has 0 spiro atoms. The summed E-state index contributed by atoms with van der Waals surface area (Å²) in [5.74, 6) is 0. The molecule has 1 rings (SSSR count). The molecule has 0 atom stereocenters. The summed E-state index contributed by atoms with van der Waals surface area (Å²) < 4.78 is 25.2. The molecule has 0 saturated heterocycles. The maximum Gasteiger partial charge on any atom is 0.266 e. The first-order valence-electron chi connectivity index (χ1n) is 4.01. The van der Waals surface area contributed by atoms with Crippen LogP contribution in [0, 0.1) is 11.3 Å². The van der Waals surface area contributed by atoms with Crippen molar-refractivity contribution >= 4 is 6.29 Å². The largest absolute Gasteiger partial charge is 0.326 e. The van der Waals surface area contributed by atoms with Crippen LogP contribution in [0.1, 0.15) is 33.6 Å². The van der Waals surface area contributed by atoms with Crippen molar-refractivity contribution in [3.05, 3.63) is 28.6 Å². The Morgan fingerprint density at radius 2 is 2.33 bits per heavy atom. The van der Waals surface area contributed by atoms with Gasteiger partial charge in [-0.05, 0) is 5.56 Å². The zero-order chi connectivity index (χ0) is 11.4. The average Bonchev–Trinajstić information content (AvgIpc) is 2.26. The van der Waals surface area contributed by atoms with Gasteiger partial charge in [0.15, 0.2) is 6.29 Å². The Bertz CT molecular complexity index is 426. The van der Waals surface area contributed by atoms with Crippen LogP contribution in [-0.4, -0.2) is 11.3 Å². The van der Waals surface area contributed by atoms with Crippen molar-refractivity contribution in [3.8, 4) is 6.07 Å². The zero-order valence-electron chi connectivity index (χ0n) is 7.58. The smallest absolute Gasteiger partial charge is 0.266 e. The molecule has 0 radical (unpaired) electrons. The molecule has 78 valence electrons. The summed E-state index contributed by atoms with van der Waals surface area (Å²) in [6, 6.07) is 1.70. The van der Waals surface area contributed by atoms with Crippen LogP contribution in [0.15, 0.2) is 6.20 Å². The normalized spacial score (nSPS) is 10.1. The van der Waals surface area contributed by atoms with Gasteiger partial charge in [-0.2, -0.15) is 5.26 Å². The highest BCUT2D eigenvalue weighted by Gasteiger charge is 2.20. The Hall–Kier alpha value is -1.87. The maximum atomic E-state index is 12.6. The van der Waals surface area contributed by atoms with Crippen molar-refractivity contribution in [2.45, 2.75) is 13.0 Å². The third-order valence-electron chi connectivity index (χ3n) is 1.91. The van der Waals surface area contributed by atoms with Crippen LogP contribution < -0.4 is 5.73 Å². The van der Waals surface area contributed by atoms with Crippen LogP contribution in [0.5, 0.6) is 0 Å². The highest BCUT2D eigenvalue weighted by atomic mass is 19.3. The highest BCUT2D eigenvalue weighted by Crippen LogP contribution is 2.26. The van der Waals surface area contributed by atoms with Gasteiger partial charge in [0.2, 0.25) is 0 Å². The molecule has 1 aromatic heterocycles. The predicted octanol–water partition coefficient (Wildman–Crippen LogP) is 1.16. The molecule has 4 nitrogen and oxygen atoms in total. The Morgan fingerprint density at radius 1 is 1.67 bits per heavy atom. The van der Waals surface area contributed by atoms with Crippen LogP contribution in [0.4, 0.5) is 8.78 Å². The lowest BCUT2D eigenvalue weighted by Gasteiger charge is -2.09. The second-order valence-electron chi connectivity index (χ2n) is 2.68. The molecular formula is C9H7F2N3O. The van der Waals surface area contributed by atoms with Gasteiger partial charge in [0, 0.05) is 12.7 Å². The van der Waals surface area contributed by atoms with E-state index in [4.69, 9.17) is 11.0 Å². The van der Waals surface area contributed by atoms with E-state index in [1.54, 1.807) is 6.07 Å². The molecular weight excluding hydrogens is 204 g/mol. The second kappa shape index (κ2) is 4.57. The molecule has 1 aromatic rings. The van der Waals surface area contributed by atoms with Crippen molar-refractivity contribution in [3.63, 3.8) is 0 Å². The molecule has 0 saturated carbocycles. The van der Waals surface area contributed by atoms with E-state index in [0.717, 1.165) is 6.20 Å². The number of nitriles is 1. The van der Waals surface area contributed by atoms with Crippen LogP contribution in [-0.2, 0) is 6.54 Å². The van der Waals surface area contributed by atoms with Gasteiger partial charge in [0.05, 0.1) is 11.1 Å². The molecule has 6 heteroatoms. The number of pyridine rings is 1. The predicted molar refractivity (Wildman–Crippen MR) is 47.2 cm³/mol. The molecule has 0 fully saturated rings. The summed E-state index contributed by atoms with van der Waals surface area (Å²) in [5, 5.41) is 8.64. The lowest BCUT2D eigenvalue weighted by Crippen LogP contribution is -2.09. The van der Waals surface area contributed by atoms with E-state index in [1.807, 2.05) is 0 Å². The van der Waals surface area contributed by atoms with Gasteiger partial charge in [-0.15, -0.1) is 0 Å². The fraction of sp³-hybridized carbons (Fsp3) is 0.222. The minimum Gasteiger partial charge on any atom is -0.326 e. The van der Waals surface area contributed by atoms with Crippen molar-refractivity contribution in [2.24, 2.45) is 5.73 Å². The van der Waals surface area contributed by atoms with Crippen molar-refractivity contribution < 1.29 is 13.6 Å². The minimum absolute atomic E-state index is 0.0235. The summed E-state index contributed by atoms with van der Waals surface area (Å²) >= 11 is 0. The number of hydrogen-bond acceptors (Lipinski definition) is 4. The topological polar surface area (TPSA) is 79.8 Å². The third kappa shape index (κ3) is 1.97. The number of nitrogens with zero attached hydrogens (tertiary/aromatic N) is 2. The minimum atomic E-state index is -2.87. The van der Waals surface area contributed by atoms with E-state index in [-0.39, 0.29) is 29.7 Å². The lowest BCUT2D eigenvalue weighted by molar-refractivity contribution is 0.110. The van der Waals surface area contributed by atoms with Crippen LogP contribution >= 0.6 is 0 Å². The van der Waals surface area contributed by atoms with E-state index in [1.165, 1.54) is 0 Å². The fourth-order valence-corrected chi connectivity index (χ4v) is 1.23. The number of nitrogens with two attached hydrogens (primary N) is 1. The van der Waals surface area contributed by atoms with Gasteiger partial charge in [0.1, 0.15) is 11.8 Å². The summed E-state index contributed by atoms with van der Waals surface area (Å²) in [5.41, 5.74) is 4.29. The molecule has 15 heavy (non-hydrogen) atoms. The number of hydrogen-bond donors (Lipinski definition) is 1. The number of carbonyl (C=O) groups is 1. The highest BCUT2D eigenvalue weighted by molar-refractivity contribution is 5.75. The monoisotopic (exact) mass is 211 g/mol. The number of halogens is 2. The Kier molecular flexibility index (Phi) is 3.42. The molecule has 0 amide bonds. The van der Waals surface area contributed by atoms with Gasteiger partial charge in [0.25, 0.3) is 6.43 Å². The van der Waals surface area contributed by atoms with Gasteiger partial charge in [-0.1, -0.05) is 0 Å². The quantitative estimate of drug-likeness (QED) is 0.761. The summed E-state index contributed by atoms with van der Waals surface area (Å²) in [6.45, 7) is -0.230. The Balaban J connectivity index is 3.53. The van der Waals surface area contributed by atoms with E-state index < -0.39 is 12.0 Å². The zero-order valence-corrected chi connectivity index (χ0v) is 7.58. The summed E-state index contributed by atoms with van der Waals surface area (Å²) in [4.78, 5) is 14.0. The summed E-state index contributed by atoms with van der Waals surface area (Å²) in [6.07, 6.45) is -1.58. The van der Waals surface area contributed by atoms with Gasteiger partial charge in [-0.3, -0.25) is 9.78 Å². The van der Waals surface area contributed by atoms with Gasteiger partial charge >= 0.3 is 0 Å². The lowest BCUT2D eigenvalue weighted by atomic mass is 10.0. The standard InChI is InChI=1S/C9H7F2N3O/c10-9(11)8-6(2-13)5(1-12)3-14-7(8)4-15/h3-4,9H,2,13H2. The van der Waals surface area contributed by atoms with Crippen molar-refractivity contribution in [2.75, 3.05) is 0 Å². The van der Waals surface area contributed by atoms with Gasteiger partial charge in [-0.25, -0.2) is 8.78 Å². The number of aromatic nitrogens is 1. The Morgan fingerprint density at radius 3 is 2.73 bits per heavy atom. The molecule has 0 aliphatic rings. The van der Waals surface area contributed by atoms with Crippen molar-refractivity contribution in [1.29, 1.82) is 5.26 Å². The first kappa shape index (κ1) is 11.2. The number of carbonyl (C=O) groups excluding carboxylic acids is 1. The van der Waals surface area contributed by atoms with Crippen molar-refractivity contribution in [1.82, 2.24) is 4.98 Å². The molecule has 0 aliphatic heterocycles. The SMILES string of the molecule is N#Cc1cnc(C=O)c(C(F)F)c1CN. The van der Waals surface area contributed by atoms with Crippen LogP contribution in [0.2, 0.25) is 0 Å². The molecule has 0 unspecified atom stereocenters. The first-order valence-corrected chi connectivity index (χ1v) is 4.01. The first-order chi connectivity index (χ1) is 7.15. The number of alkyl halides is 2. The van der Waals surface area contributed by atoms with E-state index in [9.17, 15) is 13.6 Å². The number of rotatable bonds is 3. The molecule has 2 N–H and O–H groups in total. The molecule has 0 bridgehead atoms. The van der Waals surface area contributed by atoms with E-state index in [2.05, 4.69) is 4.98 Å². The van der Waals surface area contributed by atoms with Gasteiger partial charge < -0.3 is 5.73 Å². The van der Waals surface area contributed by atoms with Crippen LogP contribution in [0.3, 0.4) is 0 Å². The fourth-order valence-electron chi connectivity index (χ4n) is 1.23. The van der Waals surface area contributed by atoms with E-state index in [0.29, 0.717) is 0 Å². The second-order valence-corrected chi connectivity index (χ2v) is 2.68. The van der Waals surface area contributed by atoms with Crippen LogP contribution in [0.25, 0.3) is 0 Å². The summed E-state index contributed by atoms with van der Waals surface area (Å²) in [7, 11) is 0. The third-order valence-corrected chi connectivity index (χ3v) is 1.91. The average molecular weight is 211 g/mol. The van der Waals surface area contributed by atoms with E-state index >= 15 is 0 Å². The molecule has 1 heterocycles. The molecule has 0 aromatic carbocycles. The Labute approximate surface area is 84.3 Å².